The summed E-state index contributed by atoms with van der Waals surface area (Å²) in [7, 11) is 0. The predicted molar refractivity (Wildman–Crippen MR) is 130 cm³/mol. The van der Waals surface area contributed by atoms with Crippen LogP contribution in [-0.2, 0) is 26.0 Å². The number of rotatable bonds is 6. The van der Waals surface area contributed by atoms with Gasteiger partial charge in [-0.25, -0.2) is 14.9 Å². The average molecular weight is 553 g/mol. The van der Waals surface area contributed by atoms with Crippen LogP contribution in [0.2, 0.25) is 0 Å². The predicted octanol–water partition coefficient (Wildman–Crippen LogP) is 6.63. The Morgan fingerprint density at radius 1 is 1.03 bits per heavy atom. The molecule has 1 aliphatic rings. The van der Waals surface area contributed by atoms with Crippen molar-refractivity contribution in [1.82, 2.24) is 8.61 Å². The quantitative estimate of drug-likeness (QED) is 0.246. The minimum absolute atomic E-state index is 0. The van der Waals surface area contributed by atoms with E-state index >= 15 is 0 Å². The van der Waals surface area contributed by atoms with Gasteiger partial charge in [-0.05, 0) is 62.4 Å². The van der Waals surface area contributed by atoms with Crippen LogP contribution >= 0.6 is 23.9 Å². The first kappa shape index (κ1) is 30.1. The van der Waals surface area contributed by atoms with Gasteiger partial charge in [0.25, 0.3) is 0 Å². The normalized spacial score (nSPS) is 13.3. The van der Waals surface area contributed by atoms with E-state index in [0.717, 1.165) is 29.9 Å². The molecule has 31 heavy (non-hydrogen) atoms. The first-order valence-electron chi connectivity index (χ1n) is 9.76. The van der Waals surface area contributed by atoms with E-state index in [4.69, 9.17) is 6.58 Å². The van der Waals surface area contributed by atoms with Crippen molar-refractivity contribution in [2.45, 2.75) is 27.3 Å². The van der Waals surface area contributed by atoms with E-state index in [0.29, 0.717) is 12.1 Å². The van der Waals surface area contributed by atoms with Crippen molar-refractivity contribution in [2.24, 2.45) is 0 Å². The van der Waals surface area contributed by atoms with Crippen molar-refractivity contribution >= 4 is 35.7 Å². The van der Waals surface area contributed by atoms with Crippen LogP contribution in [0.15, 0.2) is 36.4 Å². The molecule has 0 spiro atoms. The van der Waals surface area contributed by atoms with E-state index in [-0.39, 0.29) is 31.1 Å². The number of halogens is 2. The zero-order valence-corrected chi connectivity index (χ0v) is 22.0. The van der Waals surface area contributed by atoms with Crippen molar-refractivity contribution in [2.75, 3.05) is 30.9 Å². The third-order valence-electron chi connectivity index (χ3n) is 4.21. The molecule has 1 aliphatic heterocycles. The van der Waals surface area contributed by atoms with Crippen LogP contribution < -0.4 is 5.32 Å². The Bertz CT molecular complexity index is 783. The third-order valence-corrected chi connectivity index (χ3v) is 5.70. The Balaban J connectivity index is 0.000000633. The van der Waals surface area contributed by atoms with Crippen LogP contribution in [0.25, 0.3) is 6.08 Å². The van der Waals surface area contributed by atoms with E-state index < -0.39 is 0 Å². The number of hydrogen-bond donors (Lipinski definition) is 1. The monoisotopic (exact) mass is 553 g/mol. The van der Waals surface area contributed by atoms with Gasteiger partial charge in [-0.3, -0.25) is 6.58 Å². The minimum Gasteiger partial charge on any atom is -0.386 e. The van der Waals surface area contributed by atoms with Crippen LogP contribution in [0.3, 0.4) is 0 Å². The van der Waals surface area contributed by atoms with Crippen molar-refractivity contribution in [3.05, 3.63) is 78.0 Å². The van der Waals surface area contributed by atoms with Gasteiger partial charge in [0.05, 0.1) is 0 Å². The van der Waals surface area contributed by atoms with E-state index in [9.17, 15) is 8.78 Å². The van der Waals surface area contributed by atoms with E-state index in [2.05, 4.69) is 33.1 Å². The molecule has 172 valence electrons. The van der Waals surface area contributed by atoms with Crippen molar-refractivity contribution in [3.63, 3.8) is 0 Å². The summed E-state index contributed by atoms with van der Waals surface area (Å²) < 4.78 is 30.5. The zero-order valence-electron chi connectivity index (χ0n) is 18.6. The molecule has 0 unspecified atom stereocenters. The summed E-state index contributed by atoms with van der Waals surface area (Å²) >= 11 is 3.55. The Hall–Kier alpha value is -0.917. The molecule has 1 saturated heterocycles. The van der Waals surface area contributed by atoms with Crippen molar-refractivity contribution in [1.29, 1.82) is 0 Å². The number of hydrogen-bond acceptors (Lipinski definition) is 5. The molecule has 0 radical (unpaired) electrons. The molecule has 0 amide bonds. The maximum atomic E-state index is 13.1. The van der Waals surface area contributed by atoms with Crippen molar-refractivity contribution in [3.8, 4) is 0 Å². The van der Waals surface area contributed by atoms with Gasteiger partial charge < -0.3 is 13.9 Å². The Labute approximate surface area is 208 Å². The molecule has 0 bridgehead atoms. The smallest absolute Gasteiger partial charge is 0.386 e. The van der Waals surface area contributed by atoms with E-state index in [1.807, 2.05) is 20.8 Å². The minimum atomic E-state index is -0.321. The molecule has 0 saturated carbocycles. The zero-order chi connectivity index (χ0) is 22.5. The van der Waals surface area contributed by atoms with Crippen LogP contribution in [0.4, 0.5) is 14.5 Å². The number of anilines is 1. The maximum absolute atomic E-state index is 13.1. The summed E-state index contributed by atoms with van der Waals surface area (Å²) in [5, 5.41) is 3.19. The first-order valence-corrected chi connectivity index (χ1v) is 12.1. The van der Waals surface area contributed by atoms with Crippen LogP contribution in [0.1, 0.15) is 30.5 Å². The molecule has 0 aliphatic carbocycles. The molecule has 2 aromatic rings. The molecule has 8 heteroatoms. The molecule has 0 atom stereocenters. The Morgan fingerprint density at radius 3 is 2.06 bits per heavy atom. The van der Waals surface area contributed by atoms with Gasteiger partial charge in [-0.15, -0.1) is 35.5 Å². The molecule has 1 heterocycles. The van der Waals surface area contributed by atoms with E-state index in [1.54, 1.807) is 36.0 Å². The van der Waals surface area contributed by atoms with Crippen LogP contribution in [0.5, 0.6) is 0 Å². The molecular formula is C23H31F2N3RuS2. The van der Waals surface area contributed by atoms with Crippen LogP contribution in [0, 0.1) is 31.8 Å². The summed E-state index contributed by atoms with van der Waals surface area (Å²) in [5.74, 6) is -0.584. The maximum Gasteiger partial charge on any atom is 2.00 e. The summed E-state index contributed by atoms with van der Waals surface area (Å²) in [4.78, 5) is 0. The molecule has 1 fully saturated rings. The molecule has 1 N–H and O–H groups in total. The van der Waals surface area contributed by atoms with Gasteiger partial charge in [0.2, 0.25) is 0 Å². The number of nitrogens with one attached hydrogen (secondary N) is 1. The average Bonchev–Trinajstić information content (AvgIpc) is 3.24. The summed E-state index contributed by atoms with van der Waals surface area (Å²) in [5.41, 5.74) is 3.19. The van der Waals surface area contributed by atoms with Gasteiger partial charge in [0.1, 0.15) is 11.6 Å². The summed E-state index contributed by atoms with van der Waals surface area (Å²) in [6, 6.07) is 8.99. The second kappa shape index (κ2) is 16.7. The Kier molecular flexibility index (Phi) is 16.2. The van der Waals surface area contributed by atoms with E-state index in [1.165, 1.54) is 30.3 Å². The first-order chi connectivity index (χ1) is 14.5. The number of benzene rings is 2. The fourth-order valence-corrected chi connectivity index (χ4v) is 3.64. The second-order valence-corrected chi connectivity index (χ2v) is 7.75. The van der Waals surface area contributed by atoms with Gasteiger partial charge in [-0.1, -0.05) is 19.9 Å². The third kappa shape index (κ3) is 10.5. The SMILES string of the molecule is CC.CSN1[CH-]N(SC)CC1.[CH-]=Cc1cc(F)ccc1CNc1ccc(F)cc1C.[Ru+2]. The molecule has 3 rings (SSSR count). The fourth-order valence-electron chi connectivity index (χ4n) is 2.63. The van der Waals surface area contributed by atoms with Gasteiger partial charge in [0.15, 0.2) is 0 Å². The van der Waals surface area contributed by atoms with Gasteiger partial charge >= 0.3 is 19.5 Å². The van der Waals surface area contributed by atoms with Gasteiger partial charge in [0, 0.05) is 12.2 Å². The molecular weight excluding hydrogens is 521 g/mol. The summed E-state index contributed by atoms with van der Waals surface area (Å²) in [6.07, 6.45) is 5.57. The summed E-state index contributed by atoms with van der Waals surface area (Å²) in [6.45, 7) is 16.2. The second-order valence-electron chi connectivity index (χ2n) is 6.08. The number of aryl methyl sites for hydroxylation is 1. The molecule has 3 nitrogen and oxygen atoms in total. The van der Waals surface area contributed by atoms with Gasteiger partial charge in [-0.2, -0.15) is 12.2 Å². The largest absolute Gasteiger partial charge is 2.00 e. The fraction of sp³-hybridized carbons (Fsp3) is 0.348. The standard InChI is InChI=1S/C16H14F2N.C5H11N2S2.C2H6.Ru/c1-3-12-9-15(18)5-4-13(12)10-19-16-7-6-14(17)8-11(16)2;1-8-6-3-4-7(5-6)9-2;1-2;/h1,3-9,19H,10H2,2H3;5H,3-4H2,1-2H3;1-2H3;/q2*-1;;+2. The Morgan fingerprint density at radius 2 is 1.58 bits per heavy atom. The van der Waals surface area contributed by atoms with Crippen molar-refractivity contribution < 1.29 is 28.3 Å². The molecule has 2 aromatic carbocycles. The van der Waals surface area contributed by atoms with Crippen LogP contribution in [-0.4, -0.2) is 34.2 Å². The molecule has 0 aromatic heterocycles. The topological polar surface area (TPSA) is 18.5 Å². The number of nitrogens with zero attached hydrogens (tertiary/aromatic N) is 2.